The van der Waals surface area contributed by atoms with Crippen LogP contribution in [-0.4, -0.2) is 39.0 Å². The molecule has 0 heterocycles. The number of hydrogen-bond acceptors (Lipinski definition) is 4. The first-order chi connectivity index (χ1) is 10.1. The number of ether oxygens (including phenoxy) is 4. The molecule has 0 aliphatic rings. The topological polar surface area (TPSA) is 36.9 Å². The van der Waals surface area contributed by atoms with Crippen LogP contribution in [0.25, 0.3) is 0 Å². The van der Waals surface area contributed by atoms with Gasteiger partial charge in [0.05, 0.1) is 0 Å². The second-order valence-corrected chi connectivity index (χ2v) is 4.45. The Morgan fingerprint density at radius 2 is 1.10 bits per heavy atom. The third-order valence-electron chi connectivity index (χ3n) is 2.93. The van der Waals surface area contributed by atoms with Crippen molar-refractivity contribution in [3.63, 3.8) is 0 Å². The van der Waals surface area contributed by atoms with E-state index in [0.717, 1.165) is 12.0 Å². The summed E-state index contributed by atoms with van der Waals surface area (Å²) >= 11 is 0. The number of allylic oxidation sites excluding steroid dienone is 2. The predicted octanol–water partition coefficient (Wildman–Crippen LogP) is 4.07. The summed E-state index contributed by atoms with van der Waals surface area (Å²) in [6.07, 6.45) is 4.36. The first-order valence-electron chi connectivity index (χ1n) is 7.98. The maximum Gasteiger partial charge on any atom is 0.177 e. The van der Waals surface area contributed by atoms with Crippen LogP contribution in [0.5, 0.6) is 0 Å². The van der Waals surface area contributed by atoms with Crippen LogP contribution in [0.2, 0.25) is 0 Å². The Labute approximate surface area is 130 Å². The van der Waals surface area contributed by atoms with Crippen molar-refractivity contribution in [2.24, 2.45) is 0 Å². The highest BCUT2D eigenvalue weighted by molar-refractivity contribution is 5.29. The molecule has 0 N–H and O–H groups in total. The standard InChI is InChI=1S/C17H32O4/c1-7-15(13-17(20-10-4)21-11-5)14(6)12-16(18-8-2)19-9-3/h12-13,16-17H,7-11H2,1-6H3. The van der Waals surface area contributed by atoms with Gasteiger partial charge in [-0.3, -0.25) is 0 Å². The third kappa shape index (κ3) is 9.04. The molecule has 0 amide bonds. The van der Waals surface area contributed by atoms with Crippen molar-refractivity contribution in [1.29, 1.82) is 0 Å². The summed E-state index contributed by atoms with van der Waals surface area (Å²) in [4.78, 5) is 0. The van der Waals surface area contributed by atoms with E-state index < -0.39 is 0 Å². The monoisotopic (exact) mass is 300 g/mol. The Bertz CT molecular complexity index is 298. The Balaban J connectivity index is 5.01. The molecule has 0 rings (SSSR count). The molecule has 0 radical (unpaired) electrons. The SMILES string of the molecule is CCOC(C=C(C)C(=CC(OCC)OCC)CC)OCC. The van der Waals surface area contributed by atoms with Crippen molar-refractivity contribution in [2.45, 2.75) is 60.5 Å². The van der Waals surface area contributed by atoms with Gasteiger partial charge in [0.15, 0.2) is 12.6 Å². The maximum atomic E-state index is 5.58. The summed E-state index contributed by atoms with van der Waals surface area (Å²) in [6.45, 7) is 14.5. The molecule has 0 aliphatic heterocycles. The van der Waals surface area contributed by atoms with Gasteiger partial charge in [0.25, 0.3) is 0 Å². The van der Waals surface area contributed by atoms with Gasteiger partial charge in [-0.05, 0) is 64.3 Å². The van der Waals surface area contributed by atoms with Gasteiger partial charge < -0.3 is 18.9 Å². The van der Waals surface area contributed by atoms with Crippen LogP contribution in [0, 0.1) is 0 Å². The Kier molecular flexibility index (Phi) is 12.6. The molecule has 0 bridgehead atoms. The highest BCUT2D eigenvalue weighted by atomic mass is 16.7. The van der Waals surface area contributed by atoms with E-state index in [9.17, 15) is 0 Å². The summed E-state index contributed by atoms with van der Waals surface area (Å²) in [5, 5.41) is 0. The summed E-state index contributed by atoms with van der Waals surface area (Å²) in [5.41, 5.74) is 2.32. The predicted molar refractivity (Wildman–Crippen MR) is 86.2 cm³/mol. The van der Waals surface area contributed by atoms with Gasteiger partial charge in [-0.15, -0.1) is 0 Å². The maximum absolute atomic E-state index is 5.58. The van der Waals surface area contributed by atoms with Crippen LogP contribution in [0.3, 0.4) is 0 Å². The van der Waals surface area contributed by atoms with Crippen molar-refractivity contribution in [2.75, 3.05) is 26.4 Å². The zero-order valence-corrected chi connectivity index (χ0v) is 14.5. The largest absolute Gasteiger partial charge is 0.349 e. The zero-order chi connectivity index (χ0) is 16.1. The molecule has 0 saturated heterocycles. The fourth-order valence-electron chi connectivity index (χ4n) is 1.95. The van der Waals surface area contributed by atoms with Gasteiger partial charge in [0.1, 0.15) is 0 Å². The highest BCUT2D eigenvalue weighted by Gasteiger charge is 2.10. The molecule has 0 fully saturated rings. The van der Waals surface area contributed by atoms with Crippen LogP contribution in [-0.2, 0) is 18.9 Å². The molecule has 0 aliphatic carbocycles. The van der Waals surface area contributed by atoms with Crippen molar-refractivity contribution >= 4 is 0 Å². The molecular formula is C17H32O4. The molecule has 0 aromatic heterocycles. The van der Waals surface area contributed by atoms with E-state index in [1.165, 1.54) is 5.57 Å². The smallest absolute Gasteiger partial charge is 0.177 e. The van der Waals surface area contributed by atoms with Crippen molar-refractivity contribution < 1.29 is 18.9 Å². The Hall–Kier alpha value is -0.680. The number of rotatable bonds is 12. The first kappa shape index (κ1) is 20.3. The van der Waals surface area contributed by atoms with Gasteiger partial charge in [-0.25, -0.2) is 0 Å². The average molecular weight is 300 g/mol. The lowest BCUT2D eigenvalue weighted by Gasteiger charge is -2.18. The quantitative estimate of drug-likeness (QED) is 0.402. The van der Waals surface area contributed by atoms with Crippen molar-refractivity contribution in [1.82, 2.24) is 0 Å². The Morgan fingerprint density at radius 3 is 1.43 bits per heavy atom. The van der Waals surface area contributed by atoms with Crippen LogP contribution in [0.15, 0.2) is 23.3 Å². The minimum absolute atomic E-state index is 0.295. The fraction of sp³-hybridized carbons (Fsp3) is 0.765. The second-order valence-electron chi connectivity index (χ2n) is 4.45. The van der Waals surface area contributed by atoms with Gasteiger partial charge in [-0.1, -0.05) is 6.92 Å². The molecule has 0 atom stereocenters. The molecule has 4 heteroatoms. The molecule has 124 valence electrons. The summed E-state index contributed by atoms with van der Waals surface area (Å²) in [5.74, 6) is 0. The lowest BCUT2D eigenvalue weighted by Crippen LogP contribution is -2.17. The van der Waals surface area contributed by atoms with E-state index in [4.69, 9.17) is 18.9 Å². The number of hydrogen-bond donors (Lipinski definition) is 0. The average Bonchev–Trinajstić information content (AvgIpc) is 2.45. The van der Waals surface area contributed by atoms with Crippen LogP contribution in [0.4, 0.5) is 0 Å². The van der Waals surface area contributed by atoms with Crippen LogP contribution >= 0.6 is 0 Å². The van der Waals surface area contributed by atoms with Crippen molar-refractivity contribution in [3.05, 3.63) is 23.3 Å². The van der Waals surface area contributed by atoms with E-state index in [1.807, 2.05) is 39.8 Å². The summed E-state index contributed by atoms with van der Waals surface area (Å²) < 4.78 is 22.3. The molecule has 0 unspecified atom stereocenters. The van der Waals surface area contributed by atoms with Crippen molar-refractivity contribution in [3.8, 4) is 0 Å². The minimum atomic E-state index is -0.299. The lowest BCUT2D eigenvalue weighted by atomic mass is 10.0. The Morgan fingerprint density at radius 1 is 0.714 bits per heavy atom. The summed E-state index contributed by atoms with van der Waals surface area (Å²) in [7, 11) is 0. The molecule has 21 heavy (non-hydrogen) atoms. The van der Waals surface area contributed by atoms with Crippen LogP contribution < -0.4 is 0 Å². The van der Waals surface area contributed by atoms with Gasteiger partial charge >= 0.3 is 0 Å². The van der Waals surface area contributed by atoms with Gasteiger partial charge in [0.2, 0.25) is 0 Å². The summed E-state index contributed by atoms with van der Waals surface area (Å²) in [6, 6.07) is 0. The first-order valence-corrected chi connectivity index (χ1v) is 7.98. The van der Waals surface area contributed by atoms with E-state index in [2.05, 4.69) is 13.8 Å². The molecule has 0 aromatic rings. The fourth-order valence-corrected chi connectivity index (χ4v) is 1.95. The molecule has 0 aromatic carbocycles. The van der Waals surface area contributed by atoms with Gasteiger partial charge in [0, 0.05) is 26.4 Å². The normalized spacial score (nSPS) is 13.5. The molecular weight excluding hydrogens is 268 g/mol. The highest BCUT2D eigenvalue weighted by Crippen LogP contribution is 2.17. The lowest BCUT2D eigenvalue weighted by molar-refractivity contribution is -0.105. The molecule has 0 spiro atoms. The minimum Gasteiger partial charge on any atom is -0.349 e. The van der Waals surface area contributed by atoms with E-state index in [1.54, 1.807) is 0 Å². The van der Waals surface area contributed by atoms with E-state index in [0.29, 0.717) is 26.4 Å². The van der Waals surface area contributed by atoms with E-state index >= 15 is 0 Å². The van der Waals surface area contributed by atoms with Crippen LogP contribution in [0.1, 0.15) is 48.0 Å². The van der Waals surface area contributed by atoms with E-state index in [-0.39, 0.29) is 12.6 Å². The second kappa shape index (κ2) is 13.0. The van der Waals surface area contributed by atoms with Gasteiger partial charge in [-0.2, -0.15) is 0 Å². The zero-order valence-electron chi connectivity index (χ0n) is 14.5. The third-order valence-corrected chi connectivity index (χ3v) is 2.93. The molecule has 0 saturated carbocycles. The molecule has 4 nitrogen and oxygen atoms in total.